The van der Waals surface area contributed by atoms with Gasteiger partial charge in [0.05, 0.1) is 0 Å². The van der Waals surface area contributed by atoms with Gasteiger partial charge in [0.1, 0.15) is 11.3 Å². The van der Waals surface area contributed by atoms with E-state index in [1.807, 2.05) is 31.2 Å². The van der Waals surface area contributed by atoms with Gasteiger partial charge >= 0.3 is 0 Å². The van der Waals surface area contributed by atoms with Gasteiger partial charge in [0.15, 0.2) is 0 Å². The Balaban J connectivity index is 2.93. The van der Waals surface area contributed by atoms with Crippen molar-refractivity contribution in [2.24, 2.45) is 0 Å². The van der Waals surface area contributed by atoms with E-state index in [-0.39, 0.29) is 0 Å². The molecule has 0 aliphatic carbocycles. The summed E-state index contributed by atoms with van der Waals surface area (Å²) in [4.78, 5) is 0. The maximum atomic E-state index is 5.68. The molecule has 0 amide bonds. The number of para-hydroxylation sites is 1. The van der Waals surface area contributed by atoms with Crippen LogP contribution in [-0.2, 0) is 0 Å². The zero-order valence-corrected chi connectivity index (χ0v) is 8.21. The number of benzene rings is 1. The molecule has 0 saturated carbocycles. The van der Waals surface area contributed by atoms with Gasteiger partial charge in [0, 0.05) is 10.9 Å². The normalized spacial score (nSPS) is 10.4. The summed E-state index contributed by atoms with van der Waals surface area (Å²) in [6.07, 6.45) is 3.53. The molecule has 0 fully saturated rings. The molecule has 1 nitrogen and oxygen atoms in total. The van der Waals surface area contributed by atoms with E-state index < -0.39 is 0 Å². The molecule has 1 heterocycles. The van der Waals surface area contributed by atoms with Crippen LogP contribution < -0.4 is 0 Å². The average Bonchev–Trinajstić information content (AvgIpc) is 2.57. The minimum absolute atomic E-state index is 0.796. The fourth-order valence-corrected chi connectivity index (χ4v) is 1.66. The van der Waals surface area contributed by atoms with Crippen molar-refractivity contribution in [3.05, 3.63) is 48.2 Å². The Kier molecular flexibility index (Phi) is 2.01. The third-order valence-electron chi connectivity index (χ3n) is 2.37. The minimum atomic E-state index is 0.796. The monoisotopic (exact) mass is 184 g/mol. The molecule has 2 aromatic rings. The zero-order valence-electron chi connectivity index (χ0n) is 8.21. The molecule has 1 heteroatoms. The summed E-state index contributed by atoms with van der Waals surface area (Å²) in [5.41, 5.74) is 3.09. The molecule has 0 saturated heterocycles. The summed E-state index contributed by atoms with van der Waals surface area (Å²) in [6, 6.07) is 6.09. The lowest BCUT2D eigenvalue weighted by Gasteiger charge is -1.92. The highest BCUT2D eigenvalue weighted by atomic mass is 16.3. The molecule has 0 aliphatic rings. The van der Waals surface area contributed by atoms with Crippen LogP contribution in [-0.4, -0.2) is 0 Å². The Morgan fingerprint density at radius 1 is 1.21 bits per heavy atom. The van der Waals surface area contributed by atoms with Crippen LogP contribution in [0.2, 0.25) is 0 Å². The second-order valence-corrected chi connectivity index (χ2v) is 3.24. The van der Waals surface area contributed by atoms with Crippen LogP contribution >= 0.6 is 0 Å². The first kappa shape index (κ1) is 8.82. The van der Waals surface area contributed by atoms with E-state index in [0.29, 0.717) is 0 Å². The SMILES string of the molecule is C=Cc1oc2c(C)cccc2c1C=C. The van der Waals surface area contributed by atoms with E-state index in [2.05, 4.69) is 13.2 Å². The average molecular weight is 184 g/mol. The van der Waals surface area contributed by atoms with Crippen molar-refractivity contribution >= 4 is 23.1 Å². The van der Waals surface area contributed by atoms with Crippen LogP contribution in [0.3, 0.4) is 0 Å². The fraction of sp³-hybridized carbons (Fsp3) is 0.0769. The Labute approximate surface area is 83.4 Å². The minimum Gasteiger partial charge on any atom is -0.456 e. The summed E-state index contributed by atoms with van der Waals surface area (Å²) < 4.78 is 5.68. The summed E-state index contributed by atoms with van der Waals surface area (Å²) in [7, 11) is 0. The Morgan fingerprint density at radius 3 is 2.64 bits per heavy atom. The van der Waals surface area contributed by atoms with Crippen LogP contribution in [0.1, 0.15) is 16.9 Å². The van der Waals surface area contributed by atoms with Crippen molar-refractivity contribution < 1.29 is 4.42 Å². The molecule has 0 atom stereocenters. The van der Waals surface area contributed by atoms with E-state index in [1.54, 1.807) is 6.08 Å². The molecule has 70 valence electrons. The maximum Gasteiger partial charge on any atom is 0.138 e. The zero-order chi connectivity index (χ0) is 10.1. The molecule has 1 aromatic heterocycles. The van der Waals surface area contributed by atoms with Gasteiger partial charge in [0.25, 0.3) is 0 Å². The second-order valence-electron chi connectivity index (χ2n) is 3.24. The molecule has 0 unspecified atom stereocenters. The van der Waals surface area contributed by atoms with Gasteiger partial charge in [-0.1, -0.05) is 37.4 Å². The molecule has 0 spiro atoms. The molecule has 0 bridgehead atoms. The number of furan rings is 1. The van der Waals surface area contributed by atoms with E-state index in [0.717, 1.165) is 27.9 Å². The van der Waals surface area contributed by atoms with Gasteiger partial charge in [-0.2, -0.15) is 0 Å². The van der Waals surface area contributed by atoms with Crippen molar-refractivity contribution in [1.82, 2.24) is 0 Å². The topological polar surface area (TPSA) is 13.1 Å². The first-order valence-corrected chi connectivity index (χ1v) is 4.55. The molecular weight excluding hydrogens is 172 g/mol. The van der Waals surface area contributed by atoms with Crippen molar-refractivity contribution in [2.75, 3.05) is 0 Å². The van der Waals surface area contributed by atoms with Gasteiger partial charge in [-0.05, 0) is 18.6 Å². The second kappa shape index (κ2) is 3.18. The highest BCUT2D eigenvalue weighted by Crippen LogP contribution is 2.29. The quantitative estimate of drug-likeness (QED) is 0.686. The predicted molar refractivity (Wildman–Crippen MR) is 61.1 cm³/mol. The fourth-order valence-electron chi connectivity index (χ4n) is 1.66. The highest BCUT2D eigenvalue weighted by Gasteiger charge is 2.09. The molecule has 0 aliphatic heterocycles. The summed E-state index contributed by atoms with van der Waals surface area (Å²) in [6.45, 7) is 9.54. The molecule has 0 N–H and O–H groups in total. The summed E-state index contributed by atoms with van der Waals surface area (Å²) >= 11 is 0. The van der Waals surface area contributed by atoms with E-state index in [1.165, 1.54) is 0 Å². The van der Waals surface area contributed by atoms with Crippen LogP contribution in [0.4, 0.5) is 0 Å². The number of fused-ring (bicyclic) bond motifs is 1. The third-order valence-corrected chi connectivity index (χ3v) is 2.37. The Hall–Kier alpha value is -1.76. The third kappa shape index (κ3) is 1.10. The number of hydrogen-bond donors (Lipinski definition) is 0. The first-order chi connectivity index (χ1) is 6.77. The molecule has 14 heavy (non-hydrogen) atoms. The van der Waals surface area contributed by atoms with Crippen LogP contribution in [0, 0.1) is 6.92 Å². The Bertz CT molecular complexity index is 503. The first-order valence-electron chi connectivity index (χ1n) is 4.55. The van der Waals surface area contributed by atoms with E-state index >= 15 is 0 Å². The summed E-state index contributed by atoms with van der Waals surface area (Å²) in [5, 5.41) is 1.11. The summed E-state index contributed by atoms with van der Waals surface area (Å²) in [5.74, 6) is 0.796. The van der Waals surface area contributed by atoms with Crippen molar-refractivity contribution in [1.29, 1.82) is 0 Å². The molecule has 1 aromatic carbocycles. The smallest absolute Gasteiger partial charge is 0.138 e. The lowest BCUT2D eigenvalue weighted by Crippen LogP contribution is -1.73. The van der Waals surface area contributed by atoms with Gasteiger partial charge in [-0.15, -0.1) is 0 Å². The highest BCUT2D eigenvalue weighted by molar-refractivity contribution is 5.92. The molecular formula is C13H12O. The largest absolute Gasteiger partial charge is 0.456 e. The van der Waals surface area contributed by atoms with Crippen LogP contribution in [0.5, 0.6) is 0 Å². The van der Waals surface area contributed by atoms with Gasteiger partial charge in [-0.3, -0.25) is 0 Å². The molecule has 0 radical (unpaired) electrons. The van der Waals surface area contributed by atoms with E-state index in [4.69, 9.17) is 4.42 Å². The van der Waals surface area contributed by atoms with E-state index in [9.17, 15) is 0 Å². The van der Waals surface area contributed by atoms with Gasteiger partial charge in [0.2, 0.25) is 0 Å². The van der Waals surface area contributed by atoms with Crippen molar-refractivity contribution in [2.45, 2.75) is 6.92 Å². The molecule has 2 rings (SSSR count). The lowest BCUT2D eigenvalue weighted by atomic mass is 10.1. The maximum absolute atomic E-state index is 5.68. The van der Waals surface area contributed by atoms with Gasteiger partial charge < -0.3 is 4.42 Å². The Morgan fingerprint density at radius 2 is 2.00 bits per heavy atom. The lowest BCUT2D eigenvalue weighted by molar-refractivity contribution is 0.601. The standard InChI is InChI=1S/C13H12O/c1-4-10-11-8-6-7-9(3)13(11)14-12(10)5-2/h4-8H,1-2H2,3H3. The predicted octanol–water partition coefficient (Wildman–Crippen LogP) is 4.03. The van der Waals surface area contributed by atoms with Crippen molar-refractivity contribution in [3.63, 3.8) is 0 Å². The number of aryl methyl sites for hydroxylation is 1. The number of hydrogen-bond acceptors (Lipinski definition) is 1. The van der Waals surface area contributed by atoms with Crippen LogP contribution in [0.15, 0.2) is 35.8 Å². The van der Waals surface area contributed by atoms with Crippen LogP contribution in [0.25, 0.3) is 23.1 Å². The number of rotatable bonds is 2. The van der Waals surface area contributed by atoms with Crippen molar-refractivity contribution in [3.8, 4) is 0 Å². The van der Waals surface area contributed by atoms with Gasteiger partial charge in [-0.25, -0.2) is 0 Å².